The molecule has 0 bridgehead atoms. The van der Waals surface area contributed by atoms with E-state index in [0.29, 0.717) is 30.1 Å². The Morgan fingerprint density at radius 3 is 2.52 bits per heavy atom. The quantitative estimate of drug-likeness (QED) is 0.683. The van der Waals surface area contributed by atoms with Gasteiger partial charge in [-0.05, 0) is 19.3 Å². The molecule has 0 atom stereocenters. The van der Waals surface area contributed by atoms with Crippen LogP contribution in [0.1, 0.15) is 19.3 Å². The van der Waals surface area contributed by atoms with Crippen LogP contribution in [0.5, 0.6) is 0 Å². The maximum atomic E-state index is 12.8. The minimum Gasteiger partial charge on any atom is -0.324 e. The number of nitrogens with zero attached hydrogens (tertiary/aromatic N) is 5. The maximum Gasteiger partial charge on any atom is 0.338 e. The third-order valence-corrected chi connectivity index (χ3v) is 4.64. The highest BCUT2D eigenvalue weighted by atomic mass is 16.2. The third kappa shape index (κ3) is 2.61. The van der Waals surface area contributed by atoms with E-state index in [1.165, 1.54) is 9.13 Å². The van der Waals surface area contributed by atoms with Crippen LogP contribution in [0.15, 0.2) is 41.3 Å². The SMILES string of the molecule is Cn1c(=O)n(C(=O)N2CCCCC2)c2cnc(-c3ccccc3)nc21. The van der Waals surface area contributed by atoms with Crippen LogP contribution in [-0.2, 0) is 7.05 Å². The summed E-state index contributed by atoms with van der Waals surface area (Å²) in [7, 11) is 1.63. The second-order valence-corrected chi connectivity index (χ2v) is 6.28. The standard InChI is InChI=1S/C18H19N5O2/c1-21-16-14(12-19-15(20-16)13-8-4-2-5-9-13)23(17(21)24)18(25)22-10-6-3-7-11-22/h2,4-5,8-9,12H,3,6-7,10-11H2,1H3. The molecule has 1 fully saturated rings. The van der Waals surface area contributed by atoms with Crippen LogP contribution in [-0.4, -0.2) is 43.1 Å². The molecule has 0 N–H and O–H groups in total. The van der Waals surface area contributed by atoms with E-state index in [9.17, 15) is 9.59 Å². The molecule has 0 aliphatic carbocycles. The fourth-order valence-corrected chi connectivity index (χ4v) is 3.25. The Morgan fingerprint density at radius 2 is 1.80 bits per heavy atom. The largest absolute Gasteiger partial charge is 0.338 e. The number of amides is 1. The first kappa shape index (κ1) is 15.6. The van der Waals surface area contributed by atoms with Crippen LogP contribution >= 0.6 is 0 Å². The van der Waals surface area contributed by atoms with Gasteiger partial charge in [0.25, 0.3) is 0 Å². The Kier molecular flexibility index (Phi) is 3.83. The molecule has 7 nitrogen and oxygen atoms in total. The summed E-state index contributed by atoms with van der Waals surface area (Å²) < 4.78 is 2.60. The lowest BCUT2D eigenvalue weighted by atomic mass is 10.1. The summed E-state index contributed by atoms with van der Waals surface area (Å²) in [5.74, 6) is 0.534. The number of aryl methyl sites for hydroxylation is 1. The predicted molar refractivity (Wildman–Crippen MR) is 94.4 cm³/mol. The number of benzene rings is 1. The molecule has 0 radical (unpaired) electrons. The van der Waals surface area contributed by atoms with E-state index in [1.54, 1.807) is 18.1 Å². The van der Waals surface area contributed by atoms with Gasteiger partial charge in [-0.2, -0.15) is 0 Å². The monoisotopic (exact) mass is 337 g/mol. The topological polar surface area (TPSA) is 73.0 Å². The molecule has 3 heterocycles. The molecule has 2 aromatic heterocycles. The van der Waals surface area contributed by atoms with E-state index in [0.717, 1.165) is 24.8 Å². The zero-order chi connectivity index (χ0) is 17.4. The van der Waals surface area contributed by atoms with Gasteiger partial charge < -0.3 is 4.90 Å². The lowest BCUT2D eigenvalue weighted by Gasteiger charge is -2.26. The van der Waals surface area contributed by atoms with E-state index in [4.69, 9.17) is 0 Å². The van der Waals surface area contributed by atoms with Crippen LogP contribution < -0.4 is 5.69 Å². The van der Waals surface area contributed by atoms with Gasteiger partial charge in [-0.1, -0.05) is 30.3 Å². The lowest BCUT2D eigenvalue weighted by molar-refractivity contribution is 0.188. The highest BCUT2D eigenvalue weighted by Gasteiger charge is 2.24. The van der Waals surface area contributed by atoms with Gasteiger partial charge in [0.1, 0.15) is 5.52 Å². The lowest BCUT2D eigenvalue weighted by Crippen LogP contribution is -2.42. The molecule has 1 amide bonds. The van der Waals surface area contributed by atoms with Gasteiger partial charge in [0.15, 0.2) is 11.5 Å². The van der Waals surface area contributed by atoms with Gasteiger partial charge in [0, 0.05) is 25.7 Å². The number of piperidine rings is 1. The van der Waals surface area contributed by atoms with E-state index >= 15 is 0 Å². The summed E-state index contributed by atoms with van der Waals surface area (Å²) in [5.41, 5.74) is 1.39. The number of carbonyl (C=O) groups is 1. The Bertz CT molecular complexity index is 984. The van der Waals surface area contributed by atoms with Crippen molar-refractivity contribution in [1.82, 2.24) is 24.0 Å². The van der Waals surface area contributed by atoms with Gasteiger partial charge in [0.2, 0.25) is 0 Å². The Balaban J connectivity index is 1.82. The molecule has 0 saturated carbocycles. The zero-order valence-corrected chi connectivity index (χ0v) is 14.1. The van der Waals surface area contributed by atoms with Gasteiger partial charge in [-0.3, -0.25) is 4.57 Å². The van der Waals surface area contributed by atoms with Gasteiger partial charge in [0.05, 0.1) is 6.20 Å². The molecule has 1 aliphatic rings. The predicted octanol–water partition coefficient (Wildman–Crippen LogP) is 2.25. The number of hydrogen-bond donors (Lipinski definition) is 0. The molecule has 25 heavy (non-hydrogen) atoms. The molecule has 4 rings (SSSR count). The van der Waals surface area contributed by atoms with Crippen molar-refractivity contribution < 1.29 is 4.79 Å². The van der Waals surface area contributed by atoms with Crippen molar-refractivity contribution in [2.75, 3.05) is 13.1 Å². The highest BCUT2D eigenvalue weighted by Crippen LogP contribution is 2.18. The highest BCUT2D eigenvalue weighted by molar-refractivity contribution is 5.88. The molecule has 7 heteroatoms. The number of imidazole rings is 1. The van der Waals surface area contributed by atoms with Crippen LogP contribution in [0.4, 0.5) is 4.79 Å². The summed E-state index contributed by atoms with van der Waals surface area (Å²) in [6.45, 7) is 1.37. The summed E-state index contributed by atoms with van der Waals surface area (Å²) in [4.78, 5) is 36.1. The maximum absolute atomic E-state index is 12.8. The average Bonchev–Trinajstić information content (AvgIpc) is 2.93. The van der Waals surface area contributed by atoms with Crippen molar-refractivity contribution in [3.8, 4) is 11.4 Å². The number of likely N-dealkylation sites (tertiary alicyclic amines) is 1. The molecular formula is C18H19N5O2. The van der Waals surface area contributed by atoms with Crippen LogP contribution in [0.25, 0.3) is 22.6 Å². The van der Waals surface area contributed by atoms with E-state index < -0.39 is 0 Å². The van der Waals surface area contributed by atoms with Crippen LogP contribution in [0.3, 0.4) is 0 Å². The summed E-state index contributed by atoms with van der Waals surface area (Å²) in [6, 6.07) is 9.28. The summed E-state index contributed by atoms with van der Waals surface area (Å²) in [5, 5.41) is 0. The fraction of sp³-hybridized carbons (Fsp3) is 0.333. The van der Waals surface area contributed by atoms with Crippen LogP contribution in [0.2, 0.25) is 0 Å². The smallest absolute Gasteiger partial charge is 0.324 e. The number of carbonyl (C=O) groups excluding carboxylic acids is 1. The zero-order valence-electron chi connectivity index (χ0n) is 14.1. The van der Waals surface area contributed by atoms with Crippen molar-refractivity contribution in [2.45, 2.75) is 19.3 Å². The molecule has 1 aromatic carbocycles. The number of rotatable bonds is 1. The second-order valence-electron chi connectivity index (χ2n) is 6.28. The average molecular weight is 337 g/mol. The van der Waals surface area contributed by atoms with Crippen molar-refractivity contribution in [2.24, 2.45) is 7.05 Å². The van der Waals surface area contributed by atoms with E-state index in [1.807, 2.05) is 30.3 Å². The number of fused-ring (bicyclic) bond motifs is 1. The molecular weight excluding hydrogens is 318 g/mol. The third-order valence-electron chi connectivity index (χ3n) is 4.64. The van der Waals surface area contributed by atoms with Crippen LogP contribution in [0, 0.1) is 0 Å². The van der Waals surface area contributed by atoms with Crippen molar-refractivity contribution >= 4 is 17.2 Å². The minimum absolute atomic E-state index is 0.286. The first-order chi connectivity index (χ1) is 12.2. The summed E-state index contributed by atoms with van der Waals surface area (Å²) >= 11 is 0. The minimum atomic E-state index is -0.384. The van der Waals surface area contributed by atoms with Gasteiger partial charge in [-0.15, -0.1) is 0 Å². The van der Waals surface area contributed by atoms with Gasteiger partial charge >= 0.3 is 11.7 Å². The molecule has 1 saturated heterocycles. The summed E-state index contributed by atoms with van der Waals surface area (Å²) in [6.07, 6.45) is 4.63. The van der Waals surface area contributed by atoms with E-state index in [-0.39, 0.29) is 11.7 Å². The Morgan fingerprint density at radius 1 is 1.08 bits per heavy atom. The van der Waals surface area contributed by atoms with Crippen molar-refractivity contribution in [3.05, 3.63) is 47.0 Å². The first-order valence-corrected chi connectivity index (χ1v) is 8.46. The molecule has 3 aromatic rings. The van der Waals surface area contributed by atoms with Crippen molar-refractivity contribution in [1.29, 1.82) is 0 Å². The Hall–Kier alpha value is -2.96. The first-order valence-electron chi connectivity index (χ1n) is 8.46. The fourth-order valence-electron chi connectivity index (χ4n) is 3.25. The number of hydrogen-bond acceptors (Lipinski definition) is 4. The second kappa shape index (κ2) is 6.16. The Labute approximate surface area is 144 Å². The molecule has 1 aliphatic heterocycles. The van der Waals surface area contributed by atoms with Crippen molar-refractivity contribution in [3.63, 3.8) is 0 Å². The molecule has 0 spiro atoms. The molecule has 0 unspecified atom stereocenters. The van der Waals surface area contributed by atoms with Gasteiger partial charge in [-0.25, -0.2) is 24.1 Å². The molecule has 128 valence electrons. The normalized spacial score (nSPS) is 14.8. The number of aromatic nitrogens is 4. The van der Waals surface area contributed by atoms with E-state index in [2.05, 4.69) is 9.97 Å².